The van der Waals surface area contributed by atoms with Crippen molar-refractivity contribution >= 4 is 28.5 Å². The van der Waals surface area contributed by atoms with Crippen molar-refractivity contribution < 1.29 is 9.21 Å². The average molecular weight is 226 g/mol. The maximum Gasteiger partial charge on any atom is 0.419 e. The fourth-order valence-electron chi connectivity index (χ4n) is 1.38. The summed E-state index contributed by atoms with van der Waals surface area (Å²) < 4.78 is 6.33. The van der Waals surface area contributed by atoms with Gasteiger partial charge >= 0.3 is 5.76 Å². The quantitative estimate of drug-likeness (QED) is 0.576. The number of aromatic nitrogens is 1. The van der Waals surface area contributed by atoms with Crippen LogP contribution >= 0.6 is 11.6 Å². The van der Waals surface area contributed by atoms with Gasteiger partial charge in [-0.15, -0.1) is 11.6 Å². The number of hydrogen-bond acceptors (Lipinski definition) is 3. The Hall–Kier alpha value is -1.55. The maximum atomic E-state index is 11.3. The van der Waals surface area contributed by atoms with Crippen molar-refractivity contribution in [3.8, 4) is 0 Å². The zero-order valence-electron chi connectivity index (χ0n) is 7.99. The monoisotopic (exact) mass is 225 g/mol. The molecule has 1 heterocycles. The van der Waals surface area contributed by atoms with Gasteiger partial charge in [-0.1, -0.05) is 0 Å². The average Bonchev–Trinajstić information content (AvgIpc) is 2.53. The summed E-state index contributed by atoms with van der Waals surface area (Å²) in [6.45, 7) is 0. The number of Topliss-reactive ketones (excluding diaryl/α,β-unsaturated/α-hetero) is 1. The summed E-state index contributed by atoms with van der Waals surface area (Å²) in [5.41, 5.74) is 1.51. The van der Waals surface area contributed by atoms with E-state index in [9.17, 15) is 9.59 Å². The Balaban J connectivity index is 2.67. The van der Waals surface area contributed by atoms with Gasteiger partial charge in [0.1, 0.15) is 0 Å². The van der Waals surface area contributed by atoms with E-state index >= 15 is 0 Å². The zero-order chi connectivity index (χ0) is 11.0. The molecular weight excluding hydrogens is 218 g/mol. The normalized spacial score (nSPS) is 10.8. The lowest BCUT2D eigenvalue weighted by Gasteiger charge is -1.96. The van der Waals surface area contributed by atoms with Gasteiger partial charge in [0.2, 0.25) is 0 Å². The summed E-state index contributed by atoms with van der Waals surface area (Å²) in [5.74, 6) is -0.715. The van der Waals surface area contributed by atoms with Crippen LogP contribution in [0.5, 0.6) is 0 Å². The van der Waals surface area contributed by atoms with Crippen molar-refractivity contribution in [2.45, 2.75) is 0 Å². The summed E-state index contributed by atoms with van der Waals surface area (Å²) >= 11 is 5.43. The number of benzene rings is 1. The van der Waals surface area contributed by atoms with Crippen LogP contribution in [0.2, 0.25) is 0 Å². The number of carbonyl (C=O) groups is 1. The molecule has 15 heavy (non-hydrogen) atoms. The highest BCUT2D eigenvalue weighted by Gasteiger charge is 2.09. The van der Waals surface area contributed by atoms with Gasteiger partial charge in [-0.2, -0.15) is 0 Å². The van der Waals surface area contributed by atoms with Gasteiger partial charge in [0.15, 0.2) is 11.4 Å². The number of aryl methyl sites for hydroxylation is 1. The Morgan fingerprint density at radius 1 is 1.53 bits per heavy atom. The van der Waals surface area contributed by atoms with Gasteiger partial charge in [-0.25, -0.2) is 4.79 Å². The number of fused-ring (bicyclic) bond motifs is 1. The number of carbonyl (C=O) groups excluding carboxylic acids is 1. The molecule has 1 aromatic heterocycles. The standard InChI is InChI=1S/C10H8ClNO3/c1-12-7-3-2-6(8(13)5-11)4-9(7)15-10(12)14/h2-4H,5H2,1H3. The van der Waals surface area contributed by atoms with E-state index in [1.807, 2.05) is 0 Å². The Morgan fingerprint density at radius 3 is 2.93 bits per heavy atom. The van der Waals surface area contributed by atoms with E-state index in [2.05, 4.69) is 0 Å². The van der Waals surface area contributed by atoms with Crippen LogP contribution in [0.4, 0.5) is 0 Å². The summed E-state index contributed by atoms with van der Waals surface area (Å²) in [6.07, 6.45) is 0. The third kappa shape index (κ3) is 1.57. The molecule has 0 spiro atoms. The van der Waals surface area contributed by atoms with Gasteiger partial charge < -0.3 is 4.42 Å². The van der Waals surface area contributed by atoms with Crippen LogP contribution in [0.25, 0.3) is 11.1 Å². The first-order valence-electron chi connectivity index (χ1n) is 4.32. The molecule has 0 saturated heterocycles. The Kier molecular flexibility index (Phi) is 2.36. The highest BCUT2D eigenvalue weighted by molar-refractivity contribution is 6.30. The van der Waals surface area contributed by atoms with Crippen molar-refractivity contribution in [3.63, 3.8) is 0 Å². The van der Waals surface area contributed by atoms with Gasteiger partial charge in [-0.05, 0) is 18.2 Å². The van der Waals surface area contributed by atoms with E-state index in [-0.39, 0.29) is 11.7 Å². The van der Waals surface area contributed by atoms with E-state index in [4.69, 9.17) is 16.0 Å². The number of ketones is 1. The number of nitrogens with zero attached hydrogens (tertiary/aromatic N) is 1. The SMILES string of the molecule is Cn1c(=O)oc2cc(C(=O)CCl)ccc21. The van der Waals surface area contributed by atoms with Crippen molar-refractivity contribution in [2.24, 2.45) is 7.05 Å². The zero-order valence-corrected chi connectivity index (χ0v) is 8.75. The van der Waals surface area contributed by atoms with E-state index < -0.39 is 5.76 Å². The summed E-state index contributed by atoms with van der Waals surface area (Å²) in [6, 6.07) is 4.82. The Bertz CT molecular complexity index is 582. The molecule has 0 aliphatic rings. The first-order chi connectivity index (χ1) is 7.13. The van der Waals surface area contributed by atoms with Gasteiger partial charge in [0, 0.05) is 12.6 Å². The highest BCUT2D eigenvalue weighted by atomic mass is 35.5. The molecule has 0 N–H and O–H groups in total. The highest BCUT2D eigenvalue weighted by Crippen LogP contribution is 2.14. The molecule has 2 aromatic rings. The topological polar surface area (TPSA) is 52.2 Å². The number of rotatable bonds is 2. The molecule has 0 unspecified atom stereocenters. The third-order valence-electron chi connectivity index (χ3n) is 2.24. The van der Waals surface area contributed by atoms with E-state index in [0.29, 0.717) is 16.7 Å². The lowest BCUT2D eigenvalue weighted by atomic mass is 10.1. The molecule has 0 amide bonds. The fraction of sp³-hybridized carbons (Fsp3) is 0.200. The molecule has 4 nitrogen and oxygen atoms in total. The summed E-state index contributed by atoms with van der Waals surface area (Å²) in [5, 5.41) is 0. The van der Waals surface area contributed by atoms with Crippen molar-refractivity contribution in [1.29, 1.82) is 0 Å². The Labute approximate surface area is 90.1 Å². The second-order valence-electron chi connectivity index (χ2n) is 3.17. The van der Waals surface area contributed by atoms with Crippen LogP contribution < -0.4 is 5.76 Å². The minimum Gasteiger partial charge on any atom is -0.408 e. The summed E-state index contributed by atoms with van der Waals surface area (Å²) in [7, 11) is 1.61. The molecule has 0 saturated carbocycles. The van der Waals surface area contributed by atoms with Crippen LogP contribution in [0.15, 0.2) is 27.4 Å². The molecule has 0 bridgehead atoms. The predicted octanol–water partition coefficient (Wildman–Crippen LogP) is 1.55. The molecule has 1 aromatic carbocycles. The first kappa shape index (κ1) is 9.98. The number of alkyl halides is 1. The molecule has 0 fully saturated rings. The van der Waals surface area contributed by atoms with Crippen molar-refractivity contribution in [3.05, 3.63) is 34.3 Å². The lowest BCUT2D eigenvalue weighted by Crippen LogP contribution is -2.08. The molecular formula is C10H8ClNO3. The number of hydrogen-bond donors (Lipinski definition) is 0. The second-order valence-corrected chi connectivity index (χ2v) is 3.43. The second kappa shape index (κ2) is 3.55. The molecule has 0 aliphatic carbocycles. The van der Waals surface area contributed by atoms with E-state index in [1.54, 1.807) is 19.2 Å². The Morgan fingerprint density at radius 2 is 2.27 bits per heavy atom. The largest absolute Gasteiger partial charge is 0.419 e. The third-order valence-corrected chi connectivity index (χ3v) is 2.48. The van der Waals surface area contributed by atoms with Crippen LogP contribution in [-0.2, 0) is 7.05 Å². The predicted molar refractivity (Wildman–Crippen MR) is 56.5 cm³/mol. The summed E-state index contributed by atoms with van der Waals surface area (Å²) in [4.78, 5) is 22.5. The number of oxazole rings is 1. The van der Waals surface area contributed by atoms with E-state index in [1.165, 1.54) is 10.6 Å². The van der Waals surface area contributed by atoms with E-state index in [0.717, 1.165) is 0 Å². The lowest BCUT2D eigenvalue weighted by molar-refractivity contribution is 0.102. The van der Waals surface area contributed by atoms with Crippen LogP contribution in [0.3, 0.4) is 0 Å². The molecule has 0 atom stereocenters. The molecule has 78 valence electrons. The van der Waals surface area contributed by atoms with Crippen LogP contribution in [0.1, 0.15) is 10.4 Å². The molecule has 0 radical (unpaired) electrons. The fourth-order valence-corrected chi connectivity index (χ4v) is 1.54. The van der Waals surface area contributed by atoms with Gasteiger partial charge in [0.05, 0.1) is 11.4 Å². The first-order valence-corrected chi connectivity index (χ1v) is 4.85. The van der Waals surface area contributed by atoms with Crippen LogP contribution in [-0.4, -0.2) is 16.2 Å². The van der Waals surface area contributed by atoms with Gasteiger partial charge in [0.25, 0.3) is 0 Å². The van der Waals surface area contributed by atoms with Gasteiger partial charge in [-0.3, -0.25) is 9.36 Å². The van der Waals surface area contributed by atoms with Crippen molar-refractivity contribution in [1.82, 2.24) is 4.57 Å². The molecule has 5 heteroatoms. The maximum absolute atomic E-state index is 11.3. The molecule has 0 aliphatic heterocycles. The minimum absolute atomic E-state index is 0.0808. The molecule has 2 rings (SSSR count). The number of halogens is 1. The van der Waals surface area contributed by atoms with Crippen molar-refractivity contribution in [2.75, 3.05) is 5.88 Å². The van der Waals surface area contributed by atoms with Crippen LogP contribution in [0, 0.1) is 0 Å². The minimum atomic E-state index is -0.444. The smallest absolute Gasteiger partial charge is 0.408 e.